The van der Waals surface area contributed by atoms with Crippen molar-refractivity contribution in [2.24, 2.45) is 0 Å². The maximum Gasteiger partial charge on any atom is 0.257 e. The summed E-state index contributed by atoms with van der Waals surface area (Å²) in [6, 6.07) is 7.42. The molecule has 0 saturated carbocycles. The number of aryl methyl sites for hydroxylation is 2. The van der Waals surface area contributed by atoms with Crippen LogP contribution in [0.4, 0.5) is 0 Å². The van der Waals surface area contributed by atoms with Crippen molar-refractivity contribution in [2.75, 3.05) is 26.2 Å². The van der Waals surface area contributed by atoms with E-state index in [4.69, 9.17) is 4.42 Å². The Kier molecular flexibility index (Phi) is 5.74. The minimum Gasteiger partial charge on any atom is -0.472 e. The summed E-state index contributed by atoms with van der Waals surface area (Å²) in [5.74, 6) is -0.122. The Hall–Kier alpha value is -2.89. The van der Waals surface area contributed by atoms with E-state index in [0.29, 0.717) is 37.3 Å². The number of piperazine rings is 1. The molecule has 2 amide bonds. The Bertz CT molecular complexity index is 834. The number of furan rings is 1. The van der Waals surface area contributed by atoms with Crippen LogP contribution in [-0.2, 0) is 4.79 Å². The van der Waals surface area contributed by atoms with Gasteiger partial charge in [-0.05, 0) is 31.5 Å². The van der Waals surface area contributed by atoms with Crippen molar-refractivity contribution in [3.63, 3.8) is 0 Å². The number of carbonyl (C=O) groups excluding carboxylic acids is 3. The summed E-state index contributed by atoms with van der Waals surface area (Å²) < 4.78 is 4.95. The van der Waals surface area contributed by atoms with Crippen LogP contribution in [-0.4, -0.2) is 53.6 Å². The van der Waals surface area contributed by atoms with E-state index in [0.717, 1.165) is 11.1 Å². The fourth-order valence-corrected chi connectivity index (χ4v) is 3.28. The zero-order valence-corrected chi connectivity index (χ0v) is 15.7. The van der Waals surface area contributed by atoms with Crippen molar-refractivity contribution in [1.29, 1.82) is 0 Å². The van der Waals surface area contributed by atoms with Crippen molar-refractivity contribution in [3.8, 4) is 0 Å². The molecule has 1 aliphatic heterocycles. The highest BCUT2D eigenvalue weighted by Crippen LogP contribution is 2.15. The van der Waals surface area contributed by atoms with Gasteiger partial charge in [-0.15, -0.1) is 0 Å². The molecule has 1 aromatic heterocycles. The number of Topliss-reactive ketones (excluding diaryl/α,β-unsaturated/α-hetero) is 1. The molecule has 0 atom stereocenters. The minimum absolute atomic E-state index is 0.00155. The van der Waals surface area contributed by atoms with Gasteiger partial charge in [-0.2, -0.15) is 0 Å². The first-order valence-corrected chi connectivity index (χ1v) is 9.15. The van der Waals surface area contributed by atoms with Crippen LogP contribution in [0.3, 0.4) is 0 Å². The molecule has 0 radical (unpaired) electrons. The lowest BCUT2D eigenvalue weighted by Gasteiger charge is -2.34. The quantitative estimate of drug-likeness (QED) is 0.761. The monoisotopic (exact) mass is 368 g/mol. The molecule has 1 saturated heterocycles. The van der Waals surface area contributed by atoms with Gasteiger partial charge in [0, 0.05) is 44.6 Å². The number of nitrogens with zero attached hydrogens (tertiary/aromatic N) is 2. The first-order valence-electron chi connectivity index (χ1n) is 9.15. The van der Waals surface area contributed by atoms with Crippen molar-refractivity contribution in [2.45, 2.75) is 26.7 Å². The van der Waals surface area contributed by atoms with Crippen LogP contribution in [0.2, 0.25) is 0 Å². The van der Waals surface area contributed by atoms with Crippen molar-refractivity contribution >= 4 is 17.6 Å². The van der Waals surface area contributed by atoms with E-state index in [1.54, 1.807) is 15.9 Å². The lowest BCUT2D eigenvalue weighted by molar-refractivity contribution is -0.132. The van der Waals surface area contributed by atoms with Gasteiger partial charge in [-0.3, -0.25) is 14.4 Å². The molecule has 0 aliphatic carbocycles. The molecule has 0 spiro atoms. The smallest absolute Gasteiger partial charge is 0.257 e. The topological polar surface area (TPSA) is 70.8 Å². The molecule has 0 bridgehead atoms. The number of carbonyl (C=O) groups is 3. The lowest BCUT2D eigenvalue weighted by atomic mass is 9.99. The van der Waals surface area contributed by atoms with E-state index in [1.165, 1.54) is 12.5 Å². The van der Waals surface area contributed by atoms with Gasteiger partial charge in [-0.25, -0.2) is 0 Å². The third-order valence-corrected chi connectivity index (χ3v) is 4.95. The second kappa shape index (κ2) is 8.20. The van der Waals surface area contributed by atoms with Crippen LogP contribution in [0, 0.1) is 13.8 Å². The highest BCUT2D eigenvalue weighted by Gasteiger charge is 2.25. The fourth-order valence-electron chi connectivity index (χ4n) is 3.28. The molecule has 1 fully saturated rings. The summed E-state index contributed by atoms with van der Waals surface area (Å²) in [5.41, 5.74) is 3.19. The van der Waals surface area contributed by atoms with Gasteiger partial charge in [0.25, 0.3) is 5.91 Å². The van der Waals surface area contributed by atoms with E-state index in [-0.39, 0.29) is 30.4 Å². The molecule has 3 rings (SSSR count). The van der Waals surface area contributed by atoms with Crippen LogP contribution in [0.5, 0.6) is 0 Å². The Labute approximate surface area is 158 Å². The van der Waals surface area contributed by atoms with Crippen molar-refractivity contribution in [1.82, 2.24) is 9.80 Å². The van der Waals surface area contributed by atoms with E-state index in [1.807, 2.05) is 32.0 Å². The van der Waals surface area contributed by atoms with E-state index < -0.39 is 0 Å². The Balaban J connectivity index is 1.49. The summed E-state index contributed by atoms with van der Waals surface area (Å²) in [5, 5.41) is 0. The molecule has 6 nitrogen and oxygen atoms in total. The standard InChI is InChI=1S/C21H24N2O4/c1-15-3-4-16(2)18(13-15)19(24)5-6-20(25)22-8-10-23(11-9-22)21(26)17-7-12-27-14-17/h3-4,7,12-14H,5-6,8-11H2,1-2H3. The second-order valence-electron chi connectivity index (χ2n) is 6.93. The van der Waals surface area contributed by atoms with Crippen molar-refractivity contribution in [3.05, 3.63) is 59.0 Å². The maximum absolute atomic E-state index is 12.4. The molecular weight excluding hydrogens is 344 g/mol. The van der Waals surface area contributed by atoms with Crippen LogP contribution < -0.4 is 0 Å². The van der Waals surface area contributed by atoms with Gasteiger partial charge in [-0.1, -0.05) is 17.7 Å². The number of benzene rings is 1. The molecule has 1 aliphatic rings. The molecule has 2 aromatic rings. The van der Waals surface area contributed by atoms with Gasteiger partial charge >= 0.3 is 0 Å². The predicted octanol–water partition coefficient (Wildman–Crippen LogP) is 2.84. The number of hydrogen-bond donors (Lipinski definition) is 0. The molecule has 2 heterocycles. The third kappa shape index (κ3) is 4.45. The van der Waals surface area contributed by atoms with Gasteiger partial charge in [0.15, 0.2) is 5.78 Å². The molecule has 0 N–H and O–H groups in total. The summed E-state index contributed by atoms with van der Waals surface area (Å²) in [6.45, 7) is 5.80. The molecule has 1 aromatic carbocycles. The van der Waals surface area contributed by atoms with E-state index in [9.17, 15) is 14.4 Å². The Morgan fingerprint density at radius 3 is 2.33 bits per heavy atom. The van der Waals surface area contributed by atoms with E-state index in [2.05, 4.69) is 0 Å². The normalized spacial score (nSPS) is 14.3. The van der Waals surface area contributed by atoms with Crippen LogP contribution in [0.15, 0.2) is 41.2 Å². The van der Waals surface area contributed by atoms with Crippen LogP contribution in [0.25, 0.3) is 0 Å². The van der Waals surface area contributed by atoms with Crippen LogP contribution in [0.1, 0.15) is 44.7 Å². The minimum atomic E-state index is -0.0825. The second-order valence-corrected chi connectivity index (χ2v) is 6.93. The van der Waals surface area contributed by atoms with Gasteiger partial charge in [0.1, 0.15) is 6.26 Å². The SMILES string of the molecule is Cc1ccc(C)c(C(=O)CCC(=O)N2CCN(C(=O)c3ccoc3)CC2)c1. The number of ketones is 1. The zero-order valence-electron chi connectivity index (χ0n) is 15.7. The van der Waals surface area contributed by atoms with Gasteiger partial charge in [0.2, 0.25) is 5.91 Å². The van der Waals surface area contributed by atoms with E-state index >= 15 is 0 Å². The molecular formula is C21H24N2O4. The largest absolute Gasteiger partial charge is 0.472 e. The zero-order chi connectivity index (χ0) is 19.4. The Morgan fingerprint density at radius 1 is 0.963 bits per heavy atom. The first-order chi connectivity index (χ1) is 13.0. The summed E-state index contributed by atoms with van der Waals surface area (Å²) in [7, 11) is 0. The average Bonchev–Trinajstić information content (AvgIpc) is 3.22. The van der Waals surface area contributed by atoms with Gasteiger partial charge in [0.05, 0.1) is 11.8 Å². The van der Waals surface area contributed by atoms with Gasteiger partial charge < -0.3 is 14.2 Å². The Morgan fingerprint density at radius 2 is 1.67 bits per heavy atom. The molecule has 27 heavy (non-hydrogen) atoms. The predicted molar refractivity (Wildman–Crippen MR) is 101 cm³/mol. The number of hydrogen-bond acceptors (Lipinski definition) is 4. The highest BCUT2D eigenvalue weighted by molar-refractivity contribution is 5.99. The average molecular weight is 368 g/mol. The lowest BCUT2D eigenvalue weighted by Crippen LogP contribution is -2.50. The molecule has 6 heteroatoms. The summed E-state index contributed by atoms with van der Waals surface area (Å²) in [6.07, 6.45) is 3.30. The molecule has 0 unspecified atom stereocenters. The number of amides is 2. The first kappa shape index (κ1) is 18.9. The van der Waals surface area contributed by atoms with Crippen molar-refractivity contribution < 1.29 is 18.8 Å². The summed E-state index contributed by atoms with van der Waals surface area (Å²) in [4.78, 5) is 40.6. The van der Waals surface area contributed by atoms with Crippen LogP contribution >= 0.6 is 0 Å². The molecule has 142 valence electrons. The highest BCUT2D eigenvalue weighted by atomic mass is 16.3. The number of rotatable bonds is 5. The third-order valence-electron chi connectivity index (χ3n) is 4.95. The summed E-state index contributed by atoms with van der Waals surface area (Å²) >= 11 is 0. The maximum atomic E-state index is 12.4. The fraction of sp³-hybridized carbons (Fsp3) is 0.381.